The molecule has 1 fully saturated rings. The summed E-state index contributed by atoms with van der Waals surface area (Å²) in [4.78, 5) is 21.7. The van der Waals surface area contributed by atoms with Crippen molar-refractivity contribution in [2.45, 2.75) is 20.0 Å². The number of carbonyl (C=O) groups excluding carboxylic acids is 1. The number of aryl methyl sites for hydroxylation is 1. The van der Waals surface area contributed by atoms with Crippen molar-refractivity contribution in [3.8, 4) is 5.75 Å². The molecule has 33 heavy (non-hydrogen) atoms. The number of ether oxygens (including phenoxy) is 1. The molecule has 1 aliphatic heterocycles. The van der Waals surface area contributed by atoms with Gasteiger partial charge in [0.25, 0.3) is 0 Å². The molecule has 2 heterocycles. The van der Waals surface area contributed by atoms with E-state index in [1.54, 1.807) is 12.1 Å². The zero-order valence-electron chi connectivity index (χ0n) is 18.8. The monoisotopic (exact) mass is 484 g/mol. The summed E-state index contributed by atoms with van der Waals surface area (Å²) >= 11 is 7.39. The molecule has 174 valence electrons. The van der Waals surface area contributed by atoms with E-state index in [0.29, 0.717) is 24.6 Å². The maximum absolute atomic E-state index is 12.3. The first-order valence-electron chi connectivity index (χ1n) is 11.2. The molecule has 8 heteroatoms. The number of anilines is 1. The fourth-order valence-electron chi connectivity index (χ4n) is 3.81. The predicted octanol–water partition coefficient (Wildman–Crippen LogP) is 4.16. The fourth-order valence-corrected chi connectivity index (χ4v) is 4.64. The van der Waals surface area contributed by atoms with Crippen LogP contribution in [0.3, 0.4) is 0 Å². The van der Waals surface area contributed by atoms with Crippen molar-refractivity contribution in [3.63, 3.8) is 0 Å². The van der Waals surface area contributed by atoms with Crippen molar-refractivity contribution in [2.24, 2.45) is 0 Å². The lowest BCUT2D eigenvalue weighted by Gasteiger charge is -2.36. The third-order valence-corrected chi connectivity index (χ3v) is 6.73. The number of aromatic nitrogens is 1. The minimum atomic E-state index is 0.00358. The van der Waals surface area contributed by atoms with Gasteiger partial charge < -0.3 is 15.0 Å². The summed E-state index contributed by atoms with van der Waals surface area (Å²) in [7, 11) is 0. The van der Waals surface area contributed by atoms with E-state index in [9.17, 15) is 4.79 Å². The summed E-state index contributed by atoms with van der Waals surface area (Å²) < 4.78 is 5.72. The molecule has 0 aliphatic carbocycles. The molecule has 0 radical (unpaired) electrons. The van der Waals surface area contributed by atoms with Crippen molar-refractivity contribution in [1.82, 2.24) is 15.2 Å². The maximum Gasteiger partial charge on any atom is 0.226 e. The van der Waals surface area contributed by atoms with Crippen LogP contribution in [0.5, 0.6) is 5.75 Å². The van der Waals surface area contributed by atoms with Crippen LogP contribution in [0.1, 0.15) is 16.3 Å². The van der Waals surface area contributed by atoms with Crippen molar-refractivity contribution in [2.75, 3.05) is 44.2 Å². The van der Waals surface area contributed by atoms with Gasteiger partial charge in [0, 0.05) is 55.4 Å². The third kappa shape index (κ3) is 7.19. The first kappa shape index (κ1) is 23.5. The molecular weight excluding hydrogens is 456 g/mol. The van der Waals surface area contributed by atoms with Gasteiger partial charge in [0.15, 0.2) is 0 Å². The van der Waals surface area contributed by atoms with E-state index >= 15 is 0 Å². The van der Waals surface area contributed by atoms with Crippen LogP contribution in [0, 0.1) is 6.92 Å². The Labute approximate surface area is 204 Å². The van der Waals surface area contributed by atoms with Crippen LogP contribution in [0.15, 0.2) is 53.9 Å². The molecule has 1 amide bonds. The second-order valence-electron chi connectivity index (χ2n) is 8.17. The second-order valence-corrected chi connectivity index (χ2v) is 9.55. The van der Waals surface area contributed by atoms with E-state index in [-0.39, 0.29) is 5.91 Å². The first-order chi connectivity index (χ1) is 16.0. The van der Waals surface area contributed by atoms with Crippen LogP contribution in [0.2, 0.25) is 5.02 Å². The quantitative estimate of drug-likeness (QED) is 0.494. The summed E-state index contributed by atoms with van der Waals surface area (Å²) in [5, 5.41) is 6.47. The molecular formula is C25H29ClN4O2S. The van der Waals surface area contributed by atoms with Gasteiger partial charge in [0.1, 0.15) is 17.4 Å². The molecule has 0 atom stereocenters. The van der Waals surface area contributed by atoms with Gasteiger partial charge in [-0.3, -0.25) is 9.69 Å². The number of benzene rings is 2. The number of thiazole rings is 1. The van der Waals surface area contributed by atoms with Crippen LogP contribution in [-0.4, -0.2) is 55.1 Å². The van der Waals surface area contributed by atoms with E-state index in [4.69, 9.17) is 16.3 Å². The van der Waals surface area contributed by atoms with Gasteiger partial charge in [-0.05, 0) is 48.9 Å². The highest BCUT2D eigenvalue weighted by Crippen LogP contribution is 2.19. The Bertz CT molecular complexity index is 1050. The molecule has 1 N–H and O–H groups in total. The molecule has 0 spiro atoms. The molecule has 0 saturated carbocycles. The molecule has 2 aromatic carbocycles. The van der Waals surface area contributed by atoms with Crippen LogP contribution in [0.4, 0.5) is 5.69 Å². The summed E-state index contributed by atoms with van der Waals surface area (Å²) in [5.74, 6) is 0.748. The number of hydrogen-bond donors (Lipinski definition) is 1. The normalized spacial score (nSPS) is 14.3. The predicted molar refractivity (Wildman–Crippen MR) is 134 cm³/mol. The number of hydrogen-bond acceptors (Lipinski definition) is 6. The molecule has 0 unspecified atom stereocenters. The van der Waals surface area contributed by atoms with Gasteiger partial charge in [0.05, 0.1) is 12.1 Å². The summed E-state index contributed by atoms with van der Waals surface area (Å²) in [6, 6.07) is 15.9. The Kier molecular flexibility index (Phi) is 8.20. The lowest BCUT2D eigenvalue weighted by Crippen LogP contribution is -2.48. The van der Waals surface area contributed by atoms with Gasteiger partial charge in [0.2, 0.25) is 5.91 Å². The minimum absolute atomic E-state index is 0.00358. The average Bonchev–Trinajstić information content (AvgIpc) is 3.26. The van der Waals surface area contributed by atoms with Gasteiger partial charge in [-0.2, -0.15) is 0 Å². The van der Waals surface area contributed by atoms with Crippen LogP contribution in [0.25, 0.3) is 0 Å². The van der Waals surface area contributed by atoms with E-state index in [0.717, 1.165) is 49.2 Å². The lowest BCUT2D eigenvalue weighted by molar-refractivity contribution is -0.120. The highest BCUT2D eigenvalue weighted by atomic mass is 35.5. The van der Waals surface area contributed by atoms with Crippen LogP contribution in [-0.2, 0) is 17.8 Å². The molecule has 4 rings (SSSR count). The number of carbonyl (C=O) groups is 1. The minimum Gasteiger partial charge on any atom is -0.486 e. The summed E-state index contributed by atoms with van der Waals surface area (Å²) in [5.41, 5.74) is 3.36. The standard InChI is InChI=1S/C25H29ClN4O2S/c1-19-3-2-4-22(15-19)30-13-11-29(12-14-30)10-9-27-24(31)16-21-18-33-25(28-21)17-32-23-7-5-20(26)6-8-23/h2-8,15,18H,9-14,16-17H2,1H3,(H,27,31). The van der Waals surface area contributed by atoms with Crippen molar-refractivity contribution < 1.29 is 9.53 Å². The van der Waals surface area contributed by atoms with E-state index in [2.05, 4.69) is 51.3 Å². The number of amides is 1. The van der Waals surface area contributed by atoms with Gasteiger partial charge >= 0.3 is 0 Å². The van der Waals surface area contributed by atoms with Crippen molar-refractivity contribution in [3.05, 3.63) is 75.2 Å². The average molecular weight is 485 g/mol. The highest BCUT2D eigenvalue weighted by molar-refractivity contribution is 7.09. The van der Waals surface area contributed by atoms with E-state index < -0.39 is 0 Å². The Morgan fingerprint density at radius 1 is 1.15 bits per heavy atom. The second kappa shape index (κ2) is 11.5. The lowest BCUT2D eigenvalue weighted by atomic mass is 10.2. The SMILES string of the molecule is Cc1cccc(N2CCN(CCNC(=O)Cc3csc(COc4ccc(Cl)cc4)n3)CC2)c1. The van der Waals surface area contributed by atoms with Gasteiger partial charge in [-0.15, -0.1) is 11.3 Å². The fraction of sp³-hybridized carbons (Fsp3) is 0.360. The topological polar surface area (TPSA) is 57.7 Å². The Morgan fingerprint density at radius 3 is 2.70 bits per heavy atom. The summed E-state index contributed by atoms with van der Waals surface area (Å²) in [6.45, 7) is 8.06. The largest absolute Gasteiger partial charge is 0.486 e. The Hall–Kier alpha value is -2.61. The van der Waals surface area contributed by atoms with Gasteiger partial charge in [-0.25, -0.2) is 4.98 Å². The number of nitrogens with one attached hydrogen (secondary N) is 1. The molecule has 1 aliphatic rings. The highest BCUT2D eigenvalue weighted by Gasteiger charge is 2.17. The van der Waals surface area contributed by atoms with E-state index in [1.807, 2.05) is 17.5 Å². The molecule has 6 nitrogen and oxygen atoms in total. The molecule has 3 aromatic rings. The first-order valence-corrected chi connectivity index (χ1v) is 12.4. The number of rotatable bonds is 9. The molecule has 1 saturated heterocycles. The van der Waals surface area contributed by atoms with E-state index in [1.165, 1.54) is 22.6 Å². The van der Waals surface area contributed by atoms with Crippen LogP contribution >= 0.6 is 22.9 Å². The molecule has 0 bridgehead atoms. The zero-order valence-corrected chi connectivity index (χ0v) is 20.4. The number of nitrogens with zero attached hydrogens (tertiary/aromatic N) is 3. The zero-order chi connectivity index (χ0) is 23.0. The number of halogens is 1. The van der Waals surface area contributed by atoms with Crippen molar-refractivity contribution in [1.29, 1.82) is 0 Å². The Balaban J connectivity index is 1.13. The van der Waals surface area contributed by atoms with Crippen molar-refractivity contribution >= 4 is 34.5 Å². The molecule has 1 aromatic heterocycles. The summed E-state index contributed by atoms with van der Waals surface area (Å²) in [6.07, 6.45) is 0.290. The third-order valence-electron chi connectivity index (χ3n) is 5.61. The number of piperazine rings is 1. The van der Waals surface area contributed by atoms with Gasteiger partial charge in [-0.1, -0.05) is 23.7 Å². The van der Waals surface area contributed by atoms with Crippen LogP contribution < -0.4 is 15.0 Å². The smallest absolute Gasteiger partial charge is 0.226 e. The maximum atomic E-state index is 12.3. The Morgan fingerprint density at radius 2 is 1.94 bits per heavy atom.